The van der Waals surface area contributed by atoms with Gasteiger partial charge in [-0.3, -0.25) is 9.59 Å². The summed E-state index contributed by atoms with van der Waals surface area (Å²) < 4.78 is 42.2. The van der Waals surface area contributed by atoms with Gasteiger partial charge in [-0.05, 0) is 85.8 Å². The molecule has 0 saturated heterocycles. The van der Waals surface area contributed by atoms with Gasteiger partial charge in [0.1, 0.15) is 5.76 Å². The standard InChI is InChI=1S/C32H34F3NO4/c33-32(34,35)40-28-10-2-1-5-22(13-16-28)19-24-6-3-7-25-8-4-9-27(29(25)21-24)20-23-11-14-26(15-12-23)31(39)36-18-17-30(37)38/h1-3,6,11-16,21,27H,4-5,7-10,17-20H2,(H,36,39)(H,37,38)/b2-1?,22-13+,28-16+. The average molecular weight is 554 g/mol. The van der Waals surface area contributed by atoms with Gasteiger partial charge in [0.25, 0.3) is 5.91 Å². The van der Waals surface area contributed by atoms with Crippen LogP contribution in [0.15, 0.2) is 94.8 Å². The highest BCUT2D eigenvalue weighted by molar-refractivity contribution is 5.94. The summed E-state index contributed by atoms with van der Waals surface area (Å²) in [5.74, 6) is -1.02. The lowest BCUT2D eigenvalue weighted by Gasteiger charge is -2.27. The topological polar surface area (TPSA) is 75.6 Å². The summed E-state index contributed by atoms with van der Waals surface area (Å²) in [4.78, 5) is 22.9. The fourth-order valence-corrected chi connectivity index (χ4v) is 5.37. The van der Waals surface area contributed by atoms with Crippen LogP contribution < -0.4 is 5.32 Å². The maximum atomic E-state index is 12.7. The highest BCUT2D eigenvalue weighted by Crippen LogP contribution is 2.38. The van der Waals surface area contributed by atoms with Crippen molar-refractivity contribution in [3.05, 3.63) is 106 Å². The van der Waals surface area contributed by atoms with Crippen molar-refractivity contribution in [2.24, 2.45) is 5.92 Å². The molecule has 1 amide bonds. The number of rotatable bonds is 9. The zero-order valence-corrected chi connectivity index (χ0v) is 22.3. The lowest BCUT2D eigenvalue weighted by Crippen LogP contribution is -2.25. The van der Waals surface area contributed by atoms with Gasteiger partial charge in [-0.15, -0.1) is 13.2 Å². The first-order valence-electron chi connectivity index (χ1n) is 13.6. The first-order chi connectivity index (χ1) is 19.2. The van der Waals surface area contributed by atoms with E-state index in [4.69, 9.17) is 5.11 Å². The quantitative estimate of drug-likeness (QED) is 0.311. The Labute approximate surface area is 232 Å². The van der Waals surface area contributed by atoms with E-state index in [0.717, 1.165) is 48.8 Å². The molecule has 0 heterocycles. The molecule has 8 heteroatoms. The van der Waals surface area contributed by atoms with Crippen molar-refractivity contribution in [3.63, 3.8) is 0 Å². The number of allylic oxidation sites excluding steroid dienone is 11. The van der Waals surface area contributed by atoms with Crippen LogP contribution in [-0.4, -0.2) is 29.9 Å². The van der Waals surface area contributed by atoms with Gasteiger partial charge in [-0.1, -0.05) is 59.7 Å². The van der Waals surface area contributed by atoms with Gasteiger partial charge >= 0.3 is 12.3 Å². The Kier molecular flexibility index (Phi) is 9.85. The summed E-state index contributed by atoms with van der Waals surface area (Å²) in [5, 5.41) is 11.4. The van der Waals surface area contributed by atoms with Crippen LogP contribution in [0.5, 0.6) is 0 Å². The molecule has 4 rings (SSSR count). The lowest BCUT2D eigenvalue weighted by molar-refractivity contribution is -0.306. The number of ether oxygens (including phenoxy) is 1. The number of carboxylic acid groups (broad SMARTS) is 1. The molecule has 0 fully saturated rings. The molecule has 0 saturated carbocycles. The summed E-state index contributed by atoms with van der Waals surface area (Å²) >= 11 is 0. The lowest BCUT2D eigenvalue weighted by atomic mass is 9.78. The number of alkyl halides is 3. The summed E-state index contributed by atoms with van der Waals surface area (Å²) in [6.07, 6.45) is 14.9. The minimum absolute atomic E-state index is 0.0869. The molecule has 3 aliphatic rings. The van der Waals surface area contributed by atoms with Gasteiger partial charge in [0, 0.05) is 18.5 Å². The number of hydrogen-bond donors (Lipinski definition) is 2. The van der Waals surface area contributed by atoms with E-state index in [1.165, 1.54) is 17.2 Å². The molecule has 0 bridgehead atoms. The van der Waals surface area contributed by atoms with E-state index in [1.54, 1.807) is 24.3 Å². The molecule has 1 aromatic rings. The molecule has 5 nitrogen and oxygen atoms in total. The van der Waals surface area contributed by atoms with E-state index >= 15 is 0 Å². The van der Waals surface area contributed by atoms with Crippen LogP contribution in [0, 0.1) is 5.92 Å². The van der Waals surface area contributed by atoms with Gasteiger partial charge in [0.15, 0.2) is 0 Å². The van der Waals surface area contributed by atoms with Crippen molar-refractivity contribution < 1.29 is 32.6 Å². The molecule has 2 N–H and O–H groups in total. The van der Waals surface area contributed by atoms with E-state index in [2.05, 4.69) is 28.3 Å². The Morgan fingerprint density at radius 2 is 1.80 bits per heavy atom. The molecular formula is C32H34F3NO4. The van der Waals surface area contributed by atoms with E-state index in [0.29, 0.717) is 24.3 Å². The van der Waals surface area contributed by atoms with Crippen LogP contribution in [0.2, 0.25) is 0 Å². The molecule has 1 atom stereocenters. The number of aliphatic carboxylic acids is 1. The number of benzene rings is 1. The number of halogens is 3. The molecule has 212 valence electrons. The SMILES string of the molecule is O=C(O)CCNC(=O)c1ccc(CC2CCCC3=C2C=C(C/C2=C/C=C(/OC(F)(F)F)CC=CC2)C=CC3)cc1. The molecule has 1 unspecified atom stereocenters. The van der Waals surface area contributed by atoms with Crippen molar-refractivity contribution in [2.75, 3.05) is 6.54 Å². The predicted molar refractivity (Wildman–Crippen MR) is 147 cm³/mol. The van der Waals surface area contributed by atoms with Gasteiger partial charge in [0.2, 0.25) is 0 Å². The molecule has 0 spiro atoms. The van der Waals surface area contributed by atoms with E-state index in [1.807, 2.05) is 18.2 Å². The third-order valence-electron chi connectivity index (χ3n) is 7.29. The maximum Gasteiger partial charge on any atom is 0.572 e. The first kappa shape index (κ1) is 29.2. The fourth-order valence-electron chi connectivity index (χ4n) is 5.37. The number of hydrogen-bond acceptors (Lipinski definition) is 3. The molecule has 0 aromatic heterocycles. The van der Waals surface area contributed by atoms with Crippen LogP contribution in [0.25, 0.3) is 0 Å². The summed E-state index contributed by atoms with van der Waals surface area (Å²) in [6, 6.07) is 7.47. The Hall–Kier alpha value is -3.81. The summed E-state index contributed by atoms with van der Waals surface area (Å²) in [7, 11) is 0. The number of carboxylic acids is 1. The molecule has 0 aliphatic heterocycles. The van der Waals surface area contributed by atoms with Crippen molar-refractivity contribution in [2.45, 2.75) is 64.1 Å². The second-order valence-corrected chi connectivity index (χ2v) is 10.3. The van der Waals surface area contributed by atoms with Gasteiger partial charge in [-0.25, -0.2) is 0 Å². The van der Waals surface area contributed by atoms with E-state index < -0.39 is 12.3 Å². The zero-order valence-electron chi connectivity index (χ0n) is 22.3. The van der Waals surface area contributed by atoms with E-state index in [-0.39, 0.29) is 31.1 Å². The first-order valence-corrected chi connectivity index (χ1v) is 13.6. The third kappa shape index (κ3) is 8.86. The van der Waals surface area contributed by atoms with Crippen LogP contribution >= 0.6 is 0 Å². The van der Waals surface area contributed by atoms with Crippen molar-refractivity contribution >= 4 is 11.9 Å². The van der Waals surface area contributed by atoms with Crippen molar-refractivity contribution in [1.82, 2.24) is 5.32 Å². The highest BCUT2D eigenvalue weighted by Gasteiger charge is 2.31. The normalized spacial score (nSPS) is 22.0. The number of amides is 1. The molecule has 40 heavy (non-hydrogen) atoms. The minimum atomic E-state index is -4.70. The summed E-state index contributed by atoms with van der Waals surface area (Å²) in [6.45, 7) is 0.0869. The second kappa shape index (κ2) is 13.5. The third-order valence-corrected chi connectivity index (χ3v) is 7.29. The minimum Gasteiger partial charge on any atom is -0.481 e. The largest absolute Gasteiger partial charge is 0.572 e. The monoisotopic (exact) mass is 553 g/mol. The smallest absolute Gasteiger partial charge is 0.481 e. The second-order valence-electron chi connectivity index (χ2n) is 10.3. The van der Waals surface area contributed by atoms with Crippen LogP contribution in [0.1, 0.15) is 67.3 Å². The number of carbonyl (C=O) groups is 2. The maximum absolute atomic E-state index is 12.7. The molecular weight excluding hydrogens is 519 g/mol. The highest BCUT2D eigenvalue weighted by atomic mass is 19.4. The average Bonchev–Trinajstić information content (AvgIpc) is 3.10. The van der Waals surface area contributed by atoms with Gasteiger partial charge in [-0.2, -0.15) is 0 Å². The Bertz CT molecular complexity index is 1280. The predicted octanol–water partition coefficient (Wildman–Crippen LogP) is 7.50. The number of nitrogens with one attached hydrogen (secondary N) is 1. The Morgan fingerprint density at radius 3 is 2.55 bits per heavy atom. The van der Waals surface area contributed by atoms with Gasteiger partial charge in [0.05, 0.1) is 6.42 Å². The molecule has 1 aromatic carbocycles. The van der Waals surface area contributed by atoms with Gasteiger partial charge < -0.3 is 15.2 Å². The zero-order chi connectivity index (χ0) is 28.5. The van der Waals surface area contributed by atoms with Crippen molar-refractivity contribution in [1.29, 1.82) is 0 Å². The van der Waals surface area contributed by atoms with Crippen LogP contribution in [0.3, 0.4) is 0 Å². The van der Waals surface area contributed by atoms with Crippen LogP contribution in [-0.2, 0) is 16.0 Å². The van der Waals surface area contributed by atoms with E-state index in [9.17, 15) is 22.8 Å². The Balaban J connectivity index is 1.45. The number of carbonyl (C=O) groups excluding carboxylic acids is 1. The molecule has 0 radical (unpaired) electrons. The molecule has 3 aliphatic carbocycles. The van der Waals surface area contributed by atoms with Crippen molar-refractivity contribution in [3.8, 4) is 0 Å². The Morgan fingerprint density at radius 1 is 1.02 bits per heavy atom. The fraction of sp³-hybridized carbons (Fsp3) is 0.375. The van der Waals surface area contributed by atoms with Crippen LogP contribution in [0.4, 0.5) is 13.2 Å². The summed E-state index contributed by atoms with van der Waals surface area (Å²) in [5.41, 5.74) is 6.56.